The lowest BCUT2D eigenvalue weighted by molar-refractivity contribution is 0.478. The molecule has 1 atom stereocenters. The maximum Gasteiger partial charge on any atom is 0.0408 e. The molecule has 0 fully saturated rings. The van der Waals surface area contributed by atoms with Crippen molar-refractivity contribution >= 4 is 27.5 Å². The normalized spacial score (nSPS) is 12.3. The van der Waals surface area contributed by atoms with Crippen molar-refractivity contribution in [3.8, 4) is 0 Å². The molecule has 1 N–H and O–H groups in total. The van der Waals surface area contributed by atoms with E-state index in [0.717, 1.165) is 35.4 Å². The second-order valence-electron chi connectivity index (χ2n) is 5.34. The molecule has 1 nitrogen and oxygen atoms in total. The maximum atomic E-state index is 6.09. The van der Waals surface area contributed by atoms with Gasteiger partial charge in [-0.25, -0.2) is 0 Å². The molecule has 0 aliphatic heterocycles. The van der Waals surface area contributed by atoms with Crippen molar-refractivity contribution in [3.63, 3.8) is 0 Å². The molecular weight excluding hydrogens is 346 g/mol. The second-order valence-corrected chi connectivity index (χ2v) is 6.69. The minimum absolute atomic E-state index is 0.567. The van der Waals surface area contributed by atoms with Gasteiger partial charge in [0.2, 0.25) is 0 Å². The van der Waals surface area contributed by atoms with Crippen molar-refractivity contribution in [2.75, 3.05) is 13.1 Å². The van der Waals surface area contributed by atoms with Gasteiger partial charge in [0.15, 0.2) is 0 Å². The smallest absolute Gasteiger partial charge is 0.0408 e. The molecule has 0 bridgehead atoms. The summed E-state index contributed by atoms with van der Waals surface area (Å²) in [5.41, 5.74) is 2.68. The summed E-state index contributed by atoms with van der Waals surface area (Å²) in [6.07, 6.45) is 2.11. The van der Waals surface area contributed by atoms with Crippen molar-refractivity contribution in [2.24, 2.45) is 5.92 Å². The van der Waals surface area contributed by atoms with Crippen LogP contribution >= 0.6 is 27.5 Å². The number of hydrogen-bond acceptors (Lipinski definition) is 1. The molecule has 2 aromatic carbocycles. The Morgan fingerprint density at radius 3 is 2.33 bits per heavy atom. The van der Waals surface area contributed by atoms with Crippen LogP contribution in [0.15, 0.2) is 53.0 Å². The van der Waals surface area contributed by atoms with Crippen molar-refractivity contribution in [1.82, 2.24) is 5.32 Å². The topological polar surface area (TPSA) is 12.0 Å². The minimum atomic E-state index is 0.567. The SMILES string of the molecule is CCNCC(Cc1cccc(Cl)c1)Cc1cccc(Br)c1. The third-order valence-electron chi connectivity index (χ3n) is 3.51. The largest absolute Gasteiger partial charge is 0.317 e. The number of benzene rings is 2. The molecule has 0 heterocycles. The van der Waals surface area contributed by atoms with Crippen LogP contribution in [0, 0.1) is 5.92 Å². The van der Waals surface area contributed by atoms with Crippen LogP contribution in [0.4, 0.5) is 0 Å². The third-order valence-corrected chi connectivity index (χ3v) is 4.24. The lowest BCUT2D eigenvalue weighted by Crippen LogP contribution is -2.25. The van der Waals surface area contributed by atoms with Gasteiger partial charge in [-0.05, 0) is 67.2 Å². The van der Waals surface area contributed by atoms with Crippen LogP contribution in [-0.2, 0) is 12.8 Å². The summed E-state index contributed by atoms with van der Waals surface area (Å²) < 4.78 is 1.14. The van der Waals surface area contributed by atoms with Gasteiger partial charge in [0.25, 0.3) is 0 Å². The highest BCUT2D eigenvalue weighted by Crippen LogP contribution is 2.19. The molecule has 1 unspecified atom stereocenters. The molecule has 112 valence electrons. The average molecular weight is 367 g/mol. The van der Waals surface area contributed by atoms with Gasteiger partial charge < -0.3 is 5.32 Å². The Hall–Kier alpha value is -0.830. The van der Waals surface area contributed by atoms with Crippen LogP contribution in [0.25, 0.3) is 0 Å². The fourth-order valence-electron chi connectivity index (χ4n) is 2.56. The van der Waals surface area contributed by atoms with E-state index in [1.165, 1.54) is 11.1 Å². The van der Waals surface area contributed by atoms with E-state index in [1.54, 1.807) is 0 Å². The van der Waals surface area contributed by atoms with Crippen molar-refractivity contribution < 1.29 is 0 Å². The van der Waals surface area contributed by atoms with E-state index < -0.39 is 0 Å². The Bertz CT molecular complexity index is 523. The van der Waals surface area contributed by atoms with Gasteiger partial charge >= 0.3 is 0 Å². The first-order valence-electron chi connectivity index (χ1n) is 7.37. The van der Waals surface area contributed by atoms with Gasteiger partial charge in [-0.3, -0.25) is 0 Å². The molecule has 0 amide bonds. The second kappa shape index (κ2) is 8.57. The maximum absolute atomic E-state index is 6.09. The summed E-state index contributed by atoms with van der Waals surface area (Å²) >= 11 is 9.64. The molecule has 21 heavy (non-hydrogen) atoms. The first-order valence-corrected chi connectivity index (χ1v) is 8.54. The molecule has 3 heteroatoms. The van der Waals surface area contributed by atoms with Gasteiger partial charge in [0.1, 0.15) is 0 Å². The summed E-state index contributed by atoms with van der Waals surface area (Å²) in [6.45, 7) is 4.18. The van der Waals surface area contributed by atoms with E-state index in [-0.39, 0.29) is 0 Å². The van der Waals surface area contributed by atoms with E-state index in [4.69, 9.17) is 11.6 Å². The summed E-state index contributed by atoms with van der Waals surface area (Å²) in [6, 6.07) is 16.8. The van der Waals surface area contributed by atoms with Gasteiger partial charge in [0, 0.05) is 9.50 Å². The molecule has 0 saturated heterocycles. The highest BCUT2D eigenvalue weighted by atomic mass is 79.9. The molecule has 0 saturated carbocycles. The molecule has 0 aliphatic carbocycles. The summed E-state index contributed by atoms with van der Waals surface area (Å²) in [4.78, 5) is 0. The summed E-state index contributed by atoms with van der Waals surface area (Å²) in [5.74, 6) is 0.567. The highest BCUT2D eigenvalue weighted by Gasteiger charge is 2.11. The number of rotatable bonds is 7. The Balaban J connectivity index is 2.06. The summed E-state index contributed by atoms with van der Waals surface area (Å²) in [7, 11) is 0. The predicted octanol–water partition coefficient (Wildman–Crippen LogP) is 5.11. The van der Waals surface area contributed by atoms with Crippen LogP contribution in [0.3, 0.4) is 0 Å². The van der Waals surface area contributed by atoms with Crippen LogP contribution in [0.1, 0.15) is 18.1 Å². The molecule has 2 rings (SSSR count). The number of halogens is 2. The zero-order valence-corrected chi connectivity index (χ0v) is 14.6. The zero-order chi connectivity index (χ0) is 15.1. The molecule has 2 aromatic rings. The van der Waals surface area contributed by atoms with E-state index >= 15 is 0 Å². The first kappa shape index (κ1) is 16.5. The average Bonchev–Trinajstić information content (AvgIpc) is 2.45. The van der Waals surface area contributed by atoms with E-state index in [0.29, 0.717) is 5.92 Å². The van der Waals surface area contributed by atoms with Gasteiger partial charge in [-0.15, -0.1) is 0 Å². The molecule has 0 radical (unpaired) electrons. The molecule has 0 spiro atoms. The quantitative estimate of drug-likeness (QED) is 0.717. The molecule has 0 aromatic heterocycles. The Morgan fingerprint density at radius 1 is 1.05 bits per heavy atom. The first-order chi connectivity index (χ1) is 10.2. The predicted molar refractivity (Wildman–Crippen MR) is 95.0 cm³/mol. The van der Waals surface area contributed by atoms with Gasteiger partial charge in [-0.2, -0.15) is 0 Å². The number of hydrogen-bond donors (Lipinski definition) is 1. The monoisotopic (exact) mass is 365 g/mol. The zero-order valence-electron chi connectivity index (χ0n) is 12.3. The van der Waals surface area contributed by atoms with Crippen LogP contribution in [0.5, 0.6) is 0 Å². The molecular formula is C18H21BrClN. The van der Waals surface area contributed by atoms with Crippen molar-refractivity contribution in [2.45, 2.75) is 19.8 Å². The fraction of sp³-hybridized carbons (Fsp3) is 0.333. The fourth-order valence-corrected chi connectivity index (χ4v) is 3.22. The highest BCUT2D eigenvalue weighted by molar-refractivity contribution is 9.10. The minimum Gasteiger partial charge on any atom is -0.317 e. The van der Waals surface area contributed by atoms with Crippen LogP contribution in [0.2, 0.25) is 5.02 Å². The summed E-state index contributed by atoms with van der Waals surface area (Å²) in [5, 5.41) is 4.29. The molecule has 0 aliphatic rings. The Kier molecular flexibility index (Phi) is 6.75. The standard InChI is InChI=1S/C18H21BrClN/c1-2-21-13-16(9-14-5-3-7-17(19)11-14)10-15-6-4-8-18(20)12-15/h3-8,11-12,16,21H,2,9-10,13H2,1H3. The van der Waals surface area contributed by atoms with Crippen molar-refractivity contribution in [3.05, 3.63) is 69.2 Å². The van der Waals surface area contributed by atoms with Crippen LogP contribution < -0.4 is 5.32 Å². The van der Waals surface area contributed by atoms with Gasteiger partial charge in [0.05, 0.1) is 0 Å². The van der Waals surface area contributed by atoms with E-state index in [9.17, 15) is 0 Å². The van der Waals surface area contributed by atoms with E-state index in [1.807, 2.05) is 12.1 Å². The lowest BCUT2D eigenvalue weighted by atomic mass is 9.92. The van der Waals surface area contributed by atoms with Gasteiger partial charge in [-0.1, -0.05) is 58.7 Å². The third kappa shape index (κ3) is 5.82. The van der Waals surface area contributed by atoms with Crippen LogP contribution in [-0.4, -0.2) is 13.1 Å². The number of nitrogens with one attached hydrogen (secondary N) is 1. The lowest BCUT2D eigenvalue weighted by Gasteiger charge is -2.18. The Morgan fingerprint density at radius 2 is 1.71 bits per heavy atom. The van der Waals surface area contributed by atoms with E-state index in [2.05, 4.69) is 64.6 Å². The van der Waals surface area contributed by atoms with Crippen molar-refractivity contribution in [1.29, 1.82) is 0 Å². The Labute approximate surface area is 140 Å².